The third kappa shape index (κ3) is 4.63. The smallest absolute Gasteiger partial charge is 0.0320 e. The Balaban J connectivity index is 1.97. The fraction of sp³-hybridized carbons (Fsp3) is 0.684. The van der Waals surface area contributed by atoms with E-state index in [2.05, 4.69) is 43.4 Å². The number of hydrogen-bond donors (Lipinski definition) is 1. The van der Waals surface area contributed by atoms with Gasteiger partial charge in [-0.15, -0.1) is 0 Å². The molecule has 1 saturated carbocycles. The minimum absolute atomic E-state index is 0.557. The largest absolute Gasteiger partial charge is 0.310 e. The Morgan fingerprint density at radius 3 is 2.70 bits per heavy atom. The minimum Gasteiger partial charge on any atom is -0.310 e. The maximum absolute atomic E-state index is 3.76. The maximum Gasteiger partial charge on any atom is 0.0320 e. The van der Waals surface area contributed by atoms with Gasteiger partial charge in [0.25, 0.3) is 0 Å². The van der Waals surface area contributed by atoms with Crippen molar-refractivity contribution in [1.29, 1.82) is 0 Å². The molecule has 1 N–H and O–H groups in total. The molecule has 112 valence electrons. The SMILES string of the molecule is CCCNC(CCC1CCCC1)c1cccc(CC)c1. The molecule has 1 fully saturated rings. The highest BCUT2D eigenvalue weighted by Crippen LogP contribution is 2.31. The zero-order chi connectivity index (χ0) is 14.2. The molecule has 1 heteroatoms. The summed E-state index contributed by atoms with van der Waals surface area (Å²) in [6.45, 7) is 5.63. The average molecular weight is 273 g/mol. The first-order valence-electron chi connectivity index (χ1n) is 8.65. The normalized spacial score (nSPS) is 17.5. The van der Waals surface area contributed by atoms with E-state index >= 15 is 0 Å². The average Bonchev–Trinajstić information content (AvgIpc) is 3.01. The van der Waals surface area contributed by atoms with Crippen LogP contribution in [0.25, 0.3) is 0 Å². The van der Waals surface area contributed by atoms with Gasteiger partial charge in [-0.1, -0.05) is 63.8 Å². The standard InChI is InChI=1S/C19H31N/c1-3-14-20-19(13-12-17-8-5-6-9-17)18-11-7-10-16(4-2)15-18/h7,10-11,15,17,19-20H,3-6,8-9,12-14H2,1-2H3. The molecular weight excluding hydrogens is 242 g/mol. The van der Waals surface area contributed by atoms with E-state index in [0.717, 1.165) is 18.9 Å². The van der Waals surface area contributed by atoms with Crippen LogP contribution in [-0.2, 0) is 6.42 Å². The summed E-state index contributed by atoms with van der Waals surface area (Å²) in [6, 6.07) is 9.74. The van der Waals surface area contributed by atoms with Crippen molar-refractivity contribution in [3.8, 4) is 0 Å². The summed E-state index contributed by atoms with van der Waals surface area (Å²) >= 11 is 0. The summed E-state index contributed by atoms with van der Waals surface area (Å²) in [6.07, 6.45) is 10.9. The van der Waals surface area contributed by atoms with Gasteiger partial charge in [0.1, 0.15) is 0 Å². The van der Waals surface area contributed by atoms with E-state index in [0.29, 0.717) is 6.04 Å². The maximum atomic E-state index is 3.76. The molecule has 1 unspecified atom stereocenters. The molecule has 0 heterocycles. The van der Waals surface area contributed by atoms with Crippen molar-refractivity contribution in [3.05, 3.63) is 35.4 Å². The number of benzene rings is 1. The molecule has 1 aromatic rings. The predicted molar refractivity (Wildman–Crippen MR) is 88.0 cm³/mol. The highest BCUT2D eigenvalue weighted by atomic mass is 14.9. The van der Waals surface area contributed by atoms with E-state index in [-0.39, 0.29) is 0 Å². The van der Waals surface area contributed by atoms with Crippen molar-refractivity contribution in [2.75, 3.05) is 6.54 Å². The second-order valence-electron chi connectivity index (χ2n) is 6.33. The van der Waals surface area contributed by atoms with Crippen LogP contribution in [0.15, 0.2) is 24.3 Å². The van der Waals surface area contributed by atoms with Crippen molar-refractivity contribution < 1.29 is 0 Å². The Labute approximate surface area is 125 Å². The second kappa shape index (κ2) is 8.46. The van der Waals surface area contributed by atoms with Gasteiger partial charge in [-0.25, -0.2) is 0 Å². The lowest BCUT2D eigenvalue weighted by Gasteiger charge is -2.21. The van der Waals surface area contributed by atoms with Crippen molar-refractivity contribution >= 4 is 0 Å². The van der Waals surface area contributed by atoms with Crippen LogP contribution < -0.4 is 5.32 Å². The number of nitrogens with one attached hydrogen (secondary N) is 1. The van der Waals surface area contributed by atoms with Gasteiger partial charge in [-0.05, 0) is 49.3 Å². The molecular formula is C19H31N. The quantitative estimate of drug-likeness (QED) is 0.681. The molecule has 1 atom stereocenters. The molecule has 0 aromatic heterocycles. The van der Waals surface area contributed by atoms with E-state index in [4.69, 9.17) is 0 Å². The van der Waals surface area contributed by atoms with Gasteiger partial charge >= 0.3 is 0 Å². The first-order chi connectivity index (χ1) is 9.83. The van der Waals surface area contributed by atoms with E-state index < -0.39 is 0 Å². The molecule has 0 amide bonds. The summed E-state index contributed by atoms with van der Waals surface area (Å²) in [5.41, 5.74) is 2.96. The van der Waals surface area contributed by atoms with E-state index in [1.54, 1.807) is 0 Å². The first-order valence-corrected chi connectivity index (χ1v) is 8.65. The topological polar surface area (TPSA) is 12.0 Å². The Hall–Kier alpha value is -0.820. The van der Waals surface area contributed by atoms with Gasteiger partial charge in [-0.2, -0.15) is 0 Å². The van der Waals surface area contributed by atoms with Crippen LogP contribution in [0.1, 0.15) is 76.0 Å². The van der Waals surface area contributed by atoms with Gasteiger partial charge in [0.2, 0.25) is 0 Å². The third-order valence-electron chi connectivity index (χ3n) is 4.74. The van der Waals surface area contributed by atoms with Crippen LogP contribution in [0, 0.1) is 5.92 Å². The van der Waals surface area contributed by atoms with E-state index in [1.165, 1.54) is 56.1 Å². The summed E-state index contributed by atoms with van der Waals surface area (Å²) in [5.74, 6) is 0.996. The van der Waals surface area contributed by atoms with Crippen LogP contribution in [0.2, 0.25) is 0 Å². The summed E-state index contributed by atoms with van der Waals surface area (Å²) in [4.78, 5) is 0. The summed E-state index contributed by atoms with van der Waals surface area (Å²) < 4.78 is 0. The predicted octanol–water partition coefficient (Wildman–Crippen LogP) is 5.26. The highest BCUT2D eigenvalue weighted by Gasteiger charge is 2.18. The fourth-order valence-corrected chi connectivity index (χ4v) is 3.44. The molecule has 20 heavy (non-hydrogen) atoms. The van der Waals surface area contributed by atoms with Crippen LogP contribution in [-0.4, -0.2) is 6.54 Å². The lowest BCUT2D eigenvalue weighted by atomic mass is 9.93. The van der Waals surface area contributed by atoms with Crippen molar-refractivity contribution in [2.45, 2.75) is 71.3 Å². The first kappa shape index (κ1) is 15.6. The van der Waals surface area contributed by atoms with Gasteiger partial charge in [0.15, 0.2) is 0 Å². The van der Waals surface area contributed by atoms with Crippen LogP contribution in [0.5, 0.6) is 0 Å². The Morgan fingerprint density at radius 2 is 2.00 bits per heavy atom. The van der Waals surface area contributed by atoms with Gasteiger partial charge < -0.3 is 5.32 Å². The molecule has 2 rings (SSSR count). The Morgan fingerprint density at radius 1 is 1.20 bits per heavy atom. The zero-order valence-corrected chi connectivity index (χ0v) is 13.3. The van der Waals surface area contributed by atoms with E-state index in [9.17, 15) is 0 Å². The highest BCUT2D eigenvalue weighted by molar-refractivity contribution is 5.26. The van der Waals surface area contributed by atoms with Gasteiger partial charge in [0.05, 0.1) is 0 Å². The lowest BCUT2D eigenvalue weighted by molar-refractivity contribution is 0.411. The monoisotopic (exact) mass is 273 g/mol. The lowest BCUT2D eigenvalue weighted by Crippen LogP contribution is -2.22. The summed E-state index contributed by atoms with van der Waals surface area (Å²) in [5, 5.41) is 3.76. The molecule has 1 aliphatic rings. The molecule has 1 nitrogen and oxygen atoms in total. The molecule has 0 bridgehead atoms. The van der Waals surface area contributed by atoms with Crippen molar-refractivity contribution in [2.24, 2.45) is 5.92 Å². The number of aryl methyl sites for hydroxylation is 1. The minimum atomic E-state index is 0.557. The number of rotatable bonds is 8. The Bertz CT molecular complexity index is 379. The van der Waals surface area contributed by atoms with Crippen molar-refractivity contribution in [1.82, 2.24) is 5.32 Å². The third-order valence-corrected chi connectivity index (χ3v) is 4.74. The second-order valence-corrected chi connectivity index (χ2v) is 6.33. The summed E-state index contributed by atoms with van der Waals surface area (Å²) in [7, 11) is 0. The molecule has 1 aliphatic carbocycles. The van der Waals surface area contributed by atoms with E-state index in [1.807, 2.05) is 0 Å². The molecule has 0 spiro atoms. The van der Waals surface area contributed by atoms with Gasteiger partial charge in [-0.3, -0.25) is 0 Å². The molecule has 1 aromatic carbocycles. The van der Waals surface area contributed by atoms with Crippen LogP contribution >= 0.6 is 0 Å². The molecule has 0 saturated heterocycles. The van der Waals surface area contributed by atoms with Crippen molar-refractivity contribution in [3.63, 3.8) is 0 Å². The fourth-order valence-electron chi connectivity index (χ4n) is 3.44. The number of hydrogen-bond acceptors (Lipinski definition) is 1. The van der Waals surface area contributed by atoms with Gasteiger partial charge in [0, 0.05) is 6.04 Å². The zero-order valence-electron chi connectivity index (χ0n) is 13.3. The van der Waals surface area contributed by atoms with Crippen LogP contribution in [0.3, 0.4) is 0 Å². The van der Waals surface area contributed by atoms with Crippen LogP contribution in [0.4, 0.5) is 0 Å². The Kier molecular flexibility index (Phi) is 6.59. The molecule has 0 radical (unpaired) electrons. The molecule has 0 aliphatic heterocycles.